The molecule has 0 saturated carbocycles. The third kappa shape index (κ3) is 8.90. The van der Waals surface area contributed by atoms with E-state index in [2.05, 4.69) is 72.1 Å². The quantitative estimate of drug-likeness (QED) is 0.0893. The largest absolute Gasteiger partial charge is 0.494 e. The third-order valence-electron chi connectivity index (χ3n) is 6.79. The van der Waals surface area contributed by atoms with Crippen molar-refractivity contribution in [3.8, 4) is 33.8 Å². The fraction of sp³-hybridized carbons (Fsp3) is 0.250. The Bertz CT molecular complexity index is 1320. The molecule has 0 aliphatic rings. The number of benzene rings is 4. The van der Waals surface area contributed by atoms with E-state index in [0.717, 1.165) is 74.4 Å². The van der Waals surface area contributed by atoms with Gasteiger partial charge in [0.05, 0.1) is 19.8 Å². The molecule has 0 fully saturated rings. The zero-order chi connectivity index (χ0) is 27.1. The topological polar surface area (TPSA) is 22.8 Å². The Kier molecular flexibility index (Phi) is 10.8. The van der Waals surface area contributed by atoms with Crippen LogP contribution in [0.3, 0.4) is 0 Å². The van der Waals surface area contributed by atoms with Gasteiger partial charge in [0.2, 0.25) is 0 Å². The average molecular weight is 516 g/mol. The molecule has 0 radical (unpaired) electrons. The molecule has 39 heavy (non-hydrogen) atoms. The molecule has 0 aromatic heterocycles. The van der Waals surface area contributed by atoms with Crippen molar-refractivity contribution in [2.24, 2.45) is 0 Å². The lowest BCUT2D eigenvalue weighted by molar-refractivity contribution is 0.293. The van der Waals surface area contributed by atoms with E-state index in [1.807, 2.05) is 42.5 Å². The summed E-state index contributed by atoms with van der Waals surface area (Å²) in [5, 5.41) is 0. The lowest BCUT2D eigenvalue weighted by Gasteiger charge is -2.09. The molecule has 3 nitrogen and oxygen atoms in total. The van der Waals surface area contributed by atoms with Gasteiger partial charge < -0.3 is 9.47 Å². The lowest BCUT2D eigenvalue weighted by Crippen LogP contribution is -1.99. The molecular weight excluding hydrogens is 478 g/mol. The summed E-state index contributed by atoms with van der Waals surface area (Å²) in [4.78, 5) is 3.44. The number of allylic oxidation sites excluding steroid dienone is 1. The summed E-state index contributed by atoms with van der Waals surface area (Å²) in [7, 11) is 0. The molecule has 0 amide bonds. The van der Waals surface area contributed by atoms with E-state index in [9.17, 15) is 0 Å². The molecule has 0 N–H and O–H groups in total. The van der Waals surface area contributed by atoms with E-state index in [1.165, 1.54) is 23.1 Å². The Morgan fingerprint density at radius 1 is 0.564 bits per heavy atom. The molecule has 0 unspecified atom stereocenters. The zero-order valence-electron chi connectivity index (χ0n) is 22.6. The summed E-state index contributed by atoms with van der Waals surface area (Å²) in [6.45, 7) is 12.3. The molecule has 3 heteroatoms. The molecule has 0 heterocycles. The zero-order valence-corrected chi connectivity index (χ0v) is 22.6. The third-order valence-corrected chi connectivity index (χ3v) is 6.79. The van der Waals surface area contributed by atoms with Gasteiger partial charge in [-0.15, -0.1) is 6.58 Å². The van der Waals surface area contributed by atoms with Crippen molar-refractivity contribution in [2.45, 2.75) is 44.9 Å². The van der Waals surface area contributed by atoms with Crippen molar-refractivity contribution < 1.29 is 9.47 Å². The fourth-order valence-electron chi connectivity index (χ4n) is 4.46. The van der Waals surface area contributed by atoms with Crippen LogP contribution in [0.4, 0.5) is 5.69 Å². The number of nitrogens with zero attached hydrogens (tertiary/aromatic N) is 1. The first-order valence-electron chi connectivity index (χ1n) is 13.9. The van der Waals surface area contributed by atoms with E-state index in [1.54, 1.807) is 0 Å². The number of hydrogen-bond donors (Lipinski definition) is 0. The maximum Gasteiger partial charge on any atom is 0.187 e. The lowest BCUT2D eigenvalue weighted by atomic mass is 10.0. The molecule has 0 aliphatic carbocycles. The highest BCUT2D eigenvalue weighted by molar-refractivity contribution is 5.67. The van der Waals surface area contributed by atoms with Crippen molar-refractivity contribution in [2.75, 3.05) is 13.2 Å². The van der Waals surface area contributed by atoms with Gasteiger partial charge in [-0.05, 0) is 77.8 Å². The predicted molar refractivity (Wildman–Crippen MR) is 163 cm³/mol. The fourth-order valence-corrected chi connectivity index (χ4v) is 4.46. The summed E-state index contributed by atoms with van der Waals surface area (Å²) in [5.74, 6) is 1.83. The van der Waals surface area contributed by atoms with Crippen LogP contribution in [0.2, 0.25) is 0 Å². The Hall–Kier alpha value is -4.29. The minimum atomic E-state index is 0.661. The highest BCUT2D eigenvalue weighted by Crippen LogP contribution is 2.25. The Morgan fingerprint density at radius 2 is 0.974 bits per heavy atom. The molecule has 0 spiro atoms. The first-order valence-corrected chi connectivity index (χ1v) is 13.9. The molecule has 4 aromatic rings. The number of aryl methyl sites for hydroxylation is 1. The predicted octanol–water partition coefficient (Wildman–Crippen LogP) is 10.1. The summed E-state index contributed by atoms with van der Waals surface area (Å²) in [6.07, 6.45) is 9.65. The normalized spacial score (nSPS) is 10.5. The summed E-state index contributed by atoms with van der Waals surface area (Å²) in [6, 6.07) is 33.0. The molecule has 0 atom stereocenters. The van der Waals surface area contributed by atoms with Crippen LogP contribution in [0.1, 0.15) is 44.1 Å². The van der Waals surface area contributed by atoms with Crippen LogP contribution in [0.25, 0.3) is 27.1 Å². The molecule has 4 aromatic carbocycles. The van der Waals surface area contributed by atoms with E-state index in [0.29, 0.717) is 5.69 Å². The van der Waals surface area contributed by atoms with Crippen LogP contribution in [-0.2, 0) is 6.42 Å². The standard InChI is InChI=1S/C36H37NO2/c1-3-4-10-29-11-13-30(14-12-29)32-17-23-35(24-18-32)38-27-8-6-5-7-9-28-39-36-25-19-33(20-26-36)31-15-21-34(37-2)22-16-31/h3,11-26H,1,4-10,27-28H2. The minimum Gasteiger partial charge on any atom is -0.494 e. The van der Waals surface area contributed by atoms with E-state index < -0.39 is 0 Å². The summed E-state index contributed by atoms with van der Waals surface area (Å²) < 4.78 is 11.9. The van der Waals surface area contributed by atoms with E-state index in [-0.39, 0.29) is 0 Å². The maximum absolute atomic E-state index is 7.06. The second-order valence-electron chi connectivity index (χ2n) is 9.70. The number of rotatable bonds is 15. The molecule has 0 aliphatic heterocycles. The van der Waals surface area contributed by atoms with Crippen LogP contribution < -0.4 is 9.47 Å². The van der Waals surface area contributed by atoms with Gasteiger partial charge in [0.1, 0.15) is 11.5 Å². The van der Waals surface area contributed by atoms with Gasteiger partial charge in [-0.3, -0.25) is 0 Å². The van der Waals surface area contributed by atoms with E-state index >= 15 is 0 Å². The van der Waals surface area contributed by atoms with Crippen LogP contribution >= 0.6 is 0 Å². The van der Waals surface area contributed by atoms with Gasteiger partial charge in [0, 0.05) is 0 Å². The van der Waals surface area contributed by atoms with E-state index in [4.69, 9.17) is 16.0 Å². The summed E-state index contributed by atoms with van der Waals surface area (Å²) >= 11 is 0. The monoisotopic (exact) mass is 515 g/mol. The molecule has 0 saturated heterocycles. The van der Waals surface area contributed by atoms with Gasteiger partial charge in [-0.2, -0.15) is 0 Å². The molecular formula is C36H37NO2. The molecule has 4 rings (SSSR count). The van der Waals surface area contributed by atoms with Crippen molar-refractivity contribution in [3.63, 3.8) is 0 Å². The van der Waals surface area contributed by atoms with Gasteiger partial charge in [0.25, 0.3) is 0 Å². The number of ether oxygens (including phenoxy) is 2. The highest BCUT2D eigenvalue weighted by Gasteiger charge is 2.02. The van der Waals surface area contributed by atoms with Gasteiger partial charge in [-0.1, -0.05) is 98.1 Å². The van der Waals surface area contributed by atoms with Crippen LogP contribution in [0.15, 0.2) is 110 Å². The van der Waals surface area contributed by atoms with Crippen molar-refractivity contribution in [1.29, 1.82) is 0 Å². The molecule has 0 bridgehead atoms. The summed E-state index contributed by atoms with van der Waals surface area (Å²) in [5.41, 5.74) is 6.68. The average Bonchev–Trinajstić information content (AvgIpc) is 3.00. The first-order chi connectivity index (χ1) is 19.2. The second kappa shape index (κ2) is 15.2. The van der Waals surface area contributed by atoms with Crippen LogP contribution in [-0.4, -0.2) is 13.2 Å². The Labute approximate surface area is 233 Å². The van der Waals surface area contributed by atoms with Crippen molar-refractivity contribution >= 4 is 5.69 Å². The van der Waals surface area contributed by atoms with Gasteiger partial charge in [0.15, 0.2) is 5.69 Å². The van der Waals surface area contributed by atoms with Gasteiger partial charge in [-0.25, -0.2) is 4.85 Å². The minimum absolute atomic E-state index is 0.661. The van der Waals surface area contributed by atoms with Crippen LogP contribution in [0.5, 0.6) is 11.5 Å². The molecule has 198 valence electrons. The smallest absolute Gasteiger partial charge is 0.187 e. The number of unbranched alkanes of at least 4 members (excludes halogenated alkanes) is 4. The number of hydrogen-bond acceptors (Lipinski definition) is 2. The first kappa shape index (κ1) is 27.7. The second-order valence-corrected chi connectivity index (χ2v) is 9.70. The Balaban J connectivity index is 1.06. The Morgan fingerprint density at radius 3 is 1.41 bits per heavy atom. The van der Waals surface area contributed by atoms with Crippen LogP contribution in [0, 0.1) is 6.57 Å². The van der Waals surface area contributed by atoms with Crippen molar-refractivity contribution in [1.82, 2.24) is 0 Å². The maximum atomic E-state index is 7.06. The van der Waals surface area contributed by atoms with Gasteiger partial charge >= 0.3 is 0 Å². The highest BCUT2D eigenvalue weighted by atomic mass is 16.5. The SMILES string of the molecule is [C-]#[N+]c1ccc(-c2ccc(OCCCCCCCOc3ccc(-c4ccc(CCC=C)cc4)cc3)cc2)cc1. The van der Waals surface area contributed by atoms with Crippen molar-refractivity contribution in [3.05, 3.63) is 127 Å².